The van der Waals surface area contributed by atoms with Gasteiger partial charge in [-0.15, -0.1) is 0 Å². The van der Waals surface area contributed by atoms with Crippen molar-refractivity contribution in [2.24, 2.45) is 0 Å². The van der Waals surface area contributed by atoms with E-state index in [-0.39, 0.29) is 16.6 Å². The van der Waals surface area contributed by atoms with Crippen LogP contribution in [0.15, 0.2) is 46.1 Å². The third-order valence-corrected chi connectivity index (χ3v) is 10.7. The second kappa shape index (κ2) is 8.62. The maximum Gasteiger partial charge on any atom is 0.330 e. The van der Waals surface area contributed by atoms with Crippen LogP contribution in [0.5, 0.6) is 0 Å². The van der Waals surface area contributed by atoms with Gasteiger partial charge < -0.3 is 9.41 Å². The summed E-state index contributed by atoms with van der Waals surface area (Å²) >= 11 is 0. The molecule has 1 aliphatic heterocycles. The molecule has 1 fully saturated rings. The van der Waals surface area contributed by atoms with Crippen LogP contribution in [-0.2, 0) is 15.8 Å². The molecule has 3 rings (SSSR count). The van der Waals surface area contributed by atoms with Gasteiger partial charge in [0.05, 0.1) is 12.6 Å². The van der Waals surface area contributed by atoms with Gasteiger partial charge in [-0.05, 0) is 30.6 Å². The number of hydrogen-bond donors (Lipinski definition) is 1. The predicted octanol–water partition coefficient (Wildman–Crippen LogP) is 3.57. The van der Waals surface area contributed by atoms with E-state index in [4.69, 9.17) is 9.26 Å². The van der Waals surface area contributed by atoms with Crippen LogP contribution in [0.2, 0.25) is 18.1 Å². The van der Waals surface area contributed by atoms with E-state index in [1.807, 2.05) is 35.4 Å². The van der Waals surface area contributed by atoms with Crippen LogP contribution in [0.25, 0.3) is 0 Å². The minimum absolute atomic E-state index is 0.0591. The second-order valence-corrected chi connectivity index (χ2v) is 14.3. The Bertz CT molecular complexity index is 978. The first-order chi connectivity index (χ1) is 14.0. The molecular formula is C22H33N3O4Si. The van der Waals surface area contributed by atoms with E-state index in [2.05, 4.69) is 38.8 Å². The van der Waals surface area contributed by atoms with Crippen molar-refractivity contribution in [2.45, 2.75) is 71.1 Å². The number of aryl methyl sites for hydroxylation is 1. The highest BCUT2D eigenvalue weighted by atomic mass is 28.4. The maximum absolute atomic E-state index is 12.6. The maximum atomic E-state index is 12.6. The number of hydrogen-bond acceptors (Lipinski definition) is 5. The molecule has 2 atom stereocenters. The molecule has 30 heavy (non-hydrogen) atoms. The van der Waals surface area contributed by atoms with Gasteiger partial charge in [0.15, 0.2) is 14.5 Å². The Morgan fingerprint density at radius 3 is 2.50 bits per heavy atom. The number of aromatic nitrogens is 2. The van der Waals surface area contributed by atoms with Gasteiger partial charge in [-0.2, -0.15) is 5.06 Å². The van der Waals surface area contributed by atoms with Crippen LogP contribution >= 0.6 is 0 Å². The number of H-pyrrole nitrogens is 1. The molecule has 1 saturated heterocycles. The molecule has 0 aliphatic carbocycles. The summed E-state index contributed by atoms with van der Waals surface area (Å²) in [6.45, 7) is 13.8. The molecule has 1 aromatic carbocycles. The summed E-state index contributed by atoms with van der Waals surface area (Å²) in [6.07, 6.45) is 1.29. The predicted molar refractivity (Wildman–Crippen MR) is 120 cm³/mol. The van der Waals surface area contributed by atoms with Gasteiger partial charge in [0, 0.05) is 24.7 Å². The van der Waals surface area contributed by atoms with E-state index in [1.54, 1.807) is 6.92 Å². The summed E-state index contributed by atoms with van der Waals surface area (Å²) in [5.74, 6) is 0. The second-order valence-electron chi connectivity index (χ2n) is 9.53. The Balaban J connectivity index is 1.86. The molecule has 0 bridgehead atoms. The fraction of sp³-hybridized carbons (Fsp3) is 0.545. The average Bonchev–Trinajstić information content (AvgIpc) is 3.06. The number of nitrogens with zero attached hydrogens (tertiary/aromatic N) is 2. The van der Waals surface area contributed by atoms with Crippen LogP contribution in [0.3, 0.4) is 0 Å². The molecule has 8 heteroatoms. The van der Waals surface area contributed by atoms with Gasteiger partial charge in [-0.25, -0.2) is 9.36 Å². The Morgan fingerprint density at radius 1 is 1.20 bits per heavy atom. The van der Waals surface area contributed by atoms with Crippen molar-refractivity contribution in [1.29, 1.82) is 0 Å². The van der Waals surface area contributed by atoms with Crippen molar-refractivity contribution in [3.63, 3.8) is 0 Å². The van der Waals surface area contributed by atoms with Crippen LogP contribution < -0.4 is 11.2 Å². The van der Waals surface area contributed by atoms with Crippen LogP contribution in [0.4, 0.5) is 0 Å². The first-order valence-corrected chi connectivity index (χ1v) is 13.3. The molecule has 1 N–H and O–H groups in total. The summed E-state index contributed by atoms with van der Waals surface area (Å²) in [5, 5.41) is 1.96. The molecular weight excluding hydrogens is 398 g/mol. The monoisotopic (exact) mass is 431 g/mol. The van der Waals surface area contributed by atoms with E-state index in [1.165, 1.54) is 10.8 Å². The summed E-state index contributed by atoms with van der Waals surface area (Å²) in [5.41, 5.74) is 0.797. The molecule has 2 aromatic rings. The molecule has 0 amide bonds. The molecule has 0 radical (unpaired) electrons. The Kier molecular flexibility index (Phi) is 6.52. The summed E-state index contributed by atoms with van der Waals surface area (Å²) in [7, 11) is -1.94. The van der Waals surface area contributed by atoms with E-state index >= 15 is 0 Å². The number of benzene rings is 1. The lowest BCUT2D eigenvalue weighted by atomic mass is 10.1. The van der Waals surface area contributed by atoms with Crippen LogP contribution in [0, 0.1) is 6.92 Å². The molecule has 7 nitrogen and oxygen atoms in total. The van der Waals surface area contributed by atoms with Crippen molar-refractivity contribution in [1.82, 2.24) is 14.6 Å². The average molecular weight is 432 g/mol. The topological polar surface area (TPSA) is 76.6 Å². The third-order valence-electron chi connectivity index (χ3n) is 6.24. The molecule has 1 aromatic heterocycles. The Hall–Kier alpha value is -2.00. The molecule has 2 heterocycles. The lowest BCUT2D eigenvalue weighted by Crippen LogP contribution is -2.44. The van der Waals surface area contributed by atoms with Gasteiger partial charge in [-0.3, -0.25) is 9.63 Å². The normalized spacial score (nSPS) is 20.6. The Morgan fingerprint density at radius 2 is 1.87 bits per heavy atom. The van der Waals surface area contributed by atoms with Gasteiger partial charge in [-0.1, -0.05) is 51.1 Å². The number of nitrogens with one attached hydrogen (secondary N) is 1. The summed E-state index contributed by atoms with van der Waals surface area (Å²) in [4.78, 5) is 33.8. The molecule has 1 aliphatic rings. The number of aromatic amines is 1. The standard InChI is InChI=1S/C22H33N3O4Si/c1-16-13-23-21(27)25(20(16)26)19-12-18(15-28-30(5,6)22(2,3)4)24(29-19)14-17-10-8-7-9-11-17/h7-11,13,18-19H,12,14-15H2,1-6H3,(H,23,27)/t18-,19-/m1/s1. The van der Waals surface area contributed by atoms with Crippen LogP contribution in [-0.4, -0.2) is 35.6 Å². The fourth-order valence-electron chi connectivity index (χ4n) is 3.24. The molecule has 164 valence electrons. The lowest BCUT2D eigenvalue weighted by molar-refractivity contribution is -0.194. The smallest absolute Gasteiger partial charge is 0.330 e. The third kappa shape index (κ3) is 4.83. The zero-order valence-electron chi connectivity index (χ0n) is 18.8. The fourth-order valence-corrected chi connectivity index (χ4v) is 4.28. The minimum Gasteiger partial charge on any atom is -0.415 e. The first kappa shape index (κ1) is 22.7. The van der Waals surface area contributed by atoms with Gasteiger partial charge in [0.25, 0.3) is 5.56 Å². The zero-order valence-corrected chi connectivity index (χ0v) is 19.8. The van der Waals surface area contributed by atoms with E-state index in [9.17, 15) is 9.59 Å². The van der Waals surface area contributed by atoms with E-state index < -0.39 is 20.2 Å². The lowest BCUT2D eigenvalue weighted by Gasteiger charge is -2.37. The first-order valence-electron chi connectivity index (χ1n) is 10.4. The summed E-state index contributed by atoms with van der Waals surface area (Å²) < 4.78 is 7.64. The largest absolute Gasteiger partial charge is 0.415 e. The van der Waals surface area contributed by atoms with Crippen molar-refractivity contribution in [2.75, 3.05) is 6.61 Å². The highest BCUT2D eigenvalue weighted by Gasteiger charge is 2.41. The van der Waals surface area contributed by atoms with Crippen molar-refractivity contribution >= 4 is 8.32 Å². The minimum atomic E-state index is -1.94. The van der Waals surface area contributed by atoms with Gasteiger partial charge in [0.1, 0.15) is 0 Å². The van der Waals surface area contributed by atoms with Crippen molar-refractivity contribution in [3.05, 3.63) is 68.5 Å². The quantitative estimate of drug-likeness (QED) is 0.708. The Labute approximate surface area is 178 Å². The van der Waals surface area contributed by atoms with Crippen LogP contribution in [0.1, 0.15) is 44.5 Å². The highest BCUT2D eigenvalue weighted by molar-refractivity contribution is 6.74. The van der Waals surface area contributed by atoms with Crippen molar-refractivity contribution in [3.8, 4) is 0 Å². The highest BCUT2D eigenvalue weighted by Crippen LogP contribution is 2.38. The SMILES string of the molecule is Cc1c[nH]c(=O)n([C@H]2C[C@H](CO[Si](C)(C)C(C)(C)C)N(Cc3ccccc3)O2)c1=O. The molecule has 0 saturated carbocycles. The van der Waals surface area contributed by atoms with Gasteiger partial charge in [0.2, 0.25) is 0 Å². The number of rotatable bonds is 6. The number of hydroxylamine groups is 2. The van der Waals surface area contributed by atoms with Crippen molar-refractivity contribution < 1.29 is 9.26 Å². The van der Waals surface area contributed by atoms with Gasteiger partial charge >= 0.3 is 5.69 Å². The summed E-state index contributed by atoms with van der Waals surface area (Å²) in [6, 6.07) is 9.96. The van der Waals surface area contributed by atoms with E-state index in [0.29, 0.717) is 25.1 Å². The molecule has 0 unspecified atom stereocenters. The zero-order chi connectivity index (χ0) is 22.1. The van der Waals surface area contributed by atoms with E-state index in [0.717, 1.165) is 5.56 Å². The molecule has 0 spiro atoms.